The van der Waals surface area contributed by atoms with Gasteiger partial charge in [0, 0.05) is 6.08 Å². The fraction of sp³-hybridized carbons (Fsp3) is 0.312. The Bertz CT molecular complexity index is 455. The van der Waals surface area contributed by atoms with Gasteiger partial charge in [0.05, 0.1) is 13.7 Å². The van der Waals surface area contributed by atoms with E-state index in [0.717, 1.165) is 23.3 Å². The molecular formula is C16H20O3. The fourth-order valence-corrected chi connectivity index (χ4v) is 1.55. The Morgan fingerprint density at radius 3 is 2.37 bits per heavy atom. The third-order valence-electron chi connectivity index (χ3n) is 2.60. The number of hydrogen-bond acceptors (Lipinski definition) is 3. The fourth-order valence-electron chi connectivity index (χ4n) is 1.55. The van der Waals surface area contributed by atoms with Gasteiger partial charge >= 0.3 is 5.97 Å². The summed E-state index contributed by atoms with van der Waals surface area (Å²) in [5.41, 5.74) is 2.14. The number of ether oxygens (including phenoxy) is 2. The number of esters is 1. The van der Waals surface area contributed by atoms with Crippen LogP contribution in [0.4, 0.5) is 0 Å². The molecule has 0 bridgehead atoms. The molecule has 0 N–H and O–H groups in total. The van der Waals surface area contributed by atoms with E-state index in [1.54, 1.807) is 20.1 Å². The van der Waals surface area contributed by atoms with Gasteiger partial charge in [0.2, 0.25) is 0 Å². The molecule has 102 valence electrons. The first-order valence-electron chi connectivity index (χ1n) is 6.39. The van der Waals surface area contributed by atoms with Gasteiger partial charge in [-0.3, -0.25) is 0 Å². The van der Waals surface area contributed by atoms with Crippen LogP contribution in [0.15, 0.2) is 42.0 Å². The second-order valence-corrected chi connectivity index (χ2v) is 3.93. The number of methoxy groups -OCH3 is 1. The lowest BCUT2D eigenvalue weighted by atomic mass is 10.1. The molecule has 0 amide bonds. The third kappa shape index (κ3) is 5.42. The van der Waals surface area contributed by atoms with Crippen LogP contribution in [0.3, 0.4) is 0 Å². The monoisotopic (exact) mass is 260 g/mol. The van der Waals surface area contributed by atoms with Crippen LogP contribution in [0.5, 0.6) is 5.75 Å². The van der Waals surface area contributed by atoms with Crippen molar-refractivity contribution in [3.8, 4) is 5.75 Å². The molecule has 0 radical (unpaired) electrons. The average molecular weight is 260 g/mol. The van der Waals surface area contributed by atoms with Crippen molar-refractivity contribution in [1.82, 2.24) is 0 Å². The zero-order valence-electron chi connectivity index (χ0n) is 11.7. The summed E-state index contributed by atoms with van der Waals surface area (Å²) in [5, 5.41) is 0. The van der Waals surface area contributed by atoms with E-state index in [1.165, 1.54) is 6.08 Å². The molecule has 1 aromatic carbocycles. The quantitative estimate of drug-likeness (QED) is 0.445. The maximum atomic E-state index is 11.2. The molecular weight excluding hydrogens is 240 g/mol. The summed E-state index contributed by atoms with van der Waals surface area (Å²) in [6.07, 6.45) is 6.14. The van der Waals surface area contributed by atoms with Crippen molar-refractivity contribution in [3.63, 3.8) is 0 Å². The Balaban J connectivity index is 2.77. The second-order valence-electron chi connectivity index (χ2n) is 3.93. The molecule has 19 heavy (non-hydrogen) atoms. The molecule has 1 rings (SSSR count). The highest BCUT2D eigenvalue weighted by atomic mass is 16.5. The van der Waals surface area contributed by atoms with Crippen LogP contribution in [-0.4, -0.2) is 19.7 Å². The van der Waals surface area contributed by atoms with Gasteiger partial charge in [0.25, 0.3) is 0 Å². The summed E-state index contributed by atoms with van der Waals surface area (Å²) < 4.78 is 9.96. The Hall–Kier alpha value is -2.03. The van der Waals surface area contributed by atoms with Crippen molar-refractivity contribution >= 4 is 12.0 Å². The molecule has 0 aromatic heterocycles. The minimum atomic E-state index is -0.309. The molecule has 1 aromatic rings. The molecule has 0 spiro atoms. The zero-order chi connectivity index (χ0) is 14.1. The first-order valence-corrected chi connectivity index (χ1v) is 6.39. The first-order chi connectivity index (χ1) is 9.19. The standard InChI is InChI=1S/C16H20O3/c1-4-13(8-11-16(17)19-5-2)12-14-6-9-15(18-3)10-7-14/h6-12H,4-5H2,1-3H3. The van der Waals surface area contributed by atoms with E-state index >= 15 is 0 Å². The van der Waals surface area contributed by atoms with E-state index in [4.69, 9.17) is 9.47 Å². The molecule has 0 aliphatic carbocycles. The van der Waals surface area contributed by atoms with Crippen LogP contribution < -0.4 is 4.74 Å². The summed E-state index contributed by atoms with van der Waals surface area (Å²) >= 11 is 0. The van der Waals surface area contributed by atoms with Crippen LogP contribution in [0.1, 0.15) is 25.8 Å². The molecule has 0 unspecified atom stereocenters. The van der Waals surface area contributed by atoms with Crippen LogP contribution in [-0.2, 0) is 9.53 Å². The predicted octanol–water partition coefficient (Wildman–Crippen LogP) is 3.61. The normalized spacial score (nSPS) is 11.6. The third-order valence-corrected chi connectivity index (χ3v) is 2.60. The van der Waals surface area contributed by atoms with Crippen molar-refractivity contribution in [1.29, 1.82) is 0 Å². The maximum Gasteiger partial charge on any atom is 0.330 e. The maximum absolute atomic E-state index is 11.2. The van der Waals surface area contributed by atoms with Crippen molar-refractivity contribution in [2.45, 2.75) is 20.3 Å². The number of hydrogen-bond donors (Lipinski definition) is 0. The van der Waals surface area contributed by atoms with Crippen molar-refractivity contribution < 1.29 is 14.3 Å². The van der Waals surface area contributed by atoms with Crippen molar-refractivity contribution in [2.24, 2.45) is 0 Å². The van der Waals surface area contributed by atoms with Gasteiger partial charge in [-0.25, -0.2) is 4.79 Å². The Kier molecular flexibility index (Phi) is 6.44. The molecule has 0 atom stereocenters. The zero-order valence-corrected chi connectivity index (χ0v) is 11.7. The highest BCUT2D eigenvalue weighted by molar-refractivity contribution is 5.82. The minimum absolute atomic E-state index is 0.309. The summed E-state index contributed by atoms with van der Waals surface area (Å²) in [7, 11) is 1.64. The van der Waals surface area contributed by atoms with Crippen LogP contribution in [0.2, 0.25) is 0 Å². The van der Waals surface area contributed by atoms with Gasteiger partial charge in [0.15, 0.2) is 0 Å². The molecule has 0 aliphatic heterocycles. The number of carbonyl (C=O) groups is 1. The second kappa shape index (κ2) is 8.14. The van der Waals surface area contributed by atoms with E-state index < -0.39 is 0 Å². The highest BCUT2D eigenvalue weighted by Gasteiger charge is 1.96. The number of allylic oxidation sites excluding steroid dienone is 2. The average Bonchev–Trinajstić information content (AvgIpc) is 2.44. The summed E-state index contributed by atoms with van der Waals surface area (Å²) in [4.78, 5) is 11.2. The Labute approximate surface area is 114 Å². The van der Waals surface area contributed by atoms with Gasteiger partial charge in [-0.15, -0.1) is 0 Å². The lowest BCUT2D eigenvalue weighted by Crippen LogP contribution is -1.98. The topological polar surface area (TPSA) is 35.5 Å². The molecule has 3 heteroatoms. The lowest BCUT2D eigenvalue weighted by molar-refractivity contribution is -0.137. The van der Waals surface area contributed by atoms with E-state index in [-0.39, 0.29) is 5.97 Å². The van der Waals surface area contributed by atoms with E-state index in [1.807, 2.05) is 37.3 Å². The van der Waals surface area contributed by atoms with Gasteiger partial charge < -0.3 is 9.47 Å². The molecule has 0 aliphatic rings. The number of carbonyl (C=O) groups excluding carboxylic acids is 1. The van der Waals surface area contributed by atoms with E-state index in [9.17, 15) is 4.79 Å². The van der Waals surface area contributed by atoms with E-state index in [0.29, 0.717) is 6.61 Å². The van der Waals surface area contributed by atoms with Gasteiger partial charge in [-0.2, -0.15) is 0 Å². The summed E-state index contributed by atoms with van der Waals surface area (Å²) in [6, 6.07) is 7.78. The van der Waals surface area contributed by atoms with Gasteiger partial charge in [0.1, 0.15) is 5.75 Å². The minimum Gasteiger partial charge on any atom is -0.497 e. The predicted molar refractivity (Wildman–Crippen MR) is 77.0 cm³/mol. The molecule has 0 saturated heterocycles. The molecule has 0 saturated carbocycles. The molecule has 0 heterocycles. The Morgan fingerprint density at radius 2 is 1.84 bits per heavy atom. The smallest absolute Gasteiger partial charge is 0.330 e. The lowest BCUT2D eigenvalue weighted by Gasteiger charge is -2.01. The summed E-state index contributed by atoms with van der Waals surface area (Å²) in [6.45, 7) is 4.23. The highest BCUT2D eigenvalue weighted by Crippen LogP contribution is 2.15. The van der Waals surface area contributed by atoms with Crippen LogP contribution in [0, 0.1) is 0 Å². The van der Waals surface area contributed by atoms with Crippen molar-refractivity contribution in [2.75, 3.05) is 13.7 Å². The van der Waals surface area contributed by atoms with Gasteiger partial charge in [-0.05, 0) is 36.6 Å². The molecule has 0 fully saturated rings. The summed E-state index contributed by atoms with van der Waals surface area (Å²) in [5.74, 6) is 0.522. The SMILES string of the molecule is CCOC(=O)C=CC(=Cc1ccc(OC)cc1)CC. The first kappa shape index (κ1) is 15.0. The van der Waals surface area contributed by atoms with E-state index in [2.05, 4.69) is 0 Å². The largest absolute Gasteiger partial charge is 0.497 e. The molecule has 3 nitrogen and oxygen atoms in total. The van der Waals surface area contributed by atoms with Crippen molar-refractivity contribution in [3.05, 3.63) is 47.6 Å². The Morgan fingerprint density at radius 1 is 1.16 bits per heavy atom. The van der Waals surface area contributed by atoms with Crippen LogP contribution in [0.25, 0.3) is 6.08 Å². The number of rotatable bonds is 6. The number of benzene rings is 1. The van der Waals surface area contributed by atoms with Gasteiger partial charge in [-0.1, -0.05) is 31.2 Å². The van der Waals surface area contributed by atoms with Crippen LogP contribution >= 0.6 is 0 Å².